The van der Waals surface area contributed by atoms with Gasteiger partial charge in [-0.2, -0.15) is 5.26 Å². The molecular weight excluding hydrogens is 392 g/mol. The number of fused-ring (bicyclic) bond motifs is 1. The van der Waals surface area contributed by atoms with E-state index < -0.39 is 6.04 Å². The van der Waals surface area contributed by atoms with Gasteiger partial charge in [0.25, 0.3) is 0 Å². The van der Waals surface area contributed by atoms with E-state index in [2.05, 4.69) is 11.0 Å². The Morgan fingerprint density at radius 1 is 1.16 bits per heavy atom. The van der Waals surface area contributed by atoms with Crippen LogP contribution in [-0.2, 0) is 14.3 Å². The second-order valence-corrected chi connectivity index (χ2v) is 11.5. The van der Waals surface area contributed by atoms with Crippen molar-refractivity contribution in [2.24, 2.45) is 28.9 Å². The highest BCUT2D eigenvalue weighted by atomic mass is 16.5. The Morgan fingerprint density at radius 2 is 1.90 bits per heavy atom. The maximum Gasteiger partial charge on any atom is 0.241 e. The molecule has 2 unspecified atom stereocenters. The lowest BCUT2D eigenvalue weighted by atomic mass is 9.46. The predicted molar refractivity (Wildman–Crippen MR) is 114 cm³/mol. The first-order valence-electron chi connectivity index (χ1n) is 12.4. The van der Waals surface area contributed by atoms with Crippen molar-refractivity contribution >= 4 is 5.91 Å². The number of hydrogen-bond acceptors (Lipinski definition) is 6. The van der Waals surface area contributed by atoms with Crippen LogP contribution in [0.5, 0.6) is 0 Å². The molecule has 0 spiro atoms. The van der Waals surface area contributed by atoms with Crippen LogP contribution < -0.4 is 5.73 Å². The van der Waals surface area contributed by atoms with Crippen molar-refractivity contribution < 1.29 is 14.3 Å². The zero-order valence-electron chi connectivity index (χ0n) is 18.5. The van der Waals surface area contributed by atoms with E-state index in [-0.39, 0.29) is 29.0 Å². The summed E-state index contributed by atoms with van der Waals surface area (Å²) in [5.74, 6) is 1.83. The maximum atomic E-state index is 13.6. The molecule has 1 amide bonds. The van der Waals surface area contributed by atoms with Gasteiger partial charge >= 0.3 is 0 Å². The molecule has 7 heteroatoms. The van der Waals surface area contributed by atoms with Crippen LogP contribution in [0.1, 0.15) is 51.4 Å². The average Bonchev–Trinajstić information content (AvgIpc) is 3.42. The van der Waals surface area contributed by atoms with Crippen molar-refractivity contribution in [3.05, 3.63) is 0 Å². The summed E-state index contributed by atoms with van der Waals surface area (Å²) in [5.41, 5.74) is 6.57. The second-order valence-electron chi connectivity index (χ2n) is 11.5. The van der Waals surface area contributed by atoms with Gasteiger partial charge in [-0.15, -0.1) is 0 Å². The monoisotopic (exact) mass is 428 g/mol. The summed E-state index contributed by atoms with van der Waals surface area (Å²) >= 11 is 0. The van der Waals surface area contributed by atoms with E-state index in [0.29, 0.717) is 17.8 Å². The third-order valence-corrected chi connectivity index (χ3v) is 9.41. The van der Waals surface area contributed by atoms with Gasteiger partial charge in [0.1, 0.15) is 6.04 Å². The normalized spacial score (nSPS) is 46.6. The first kappa shape index (κ1) is 20.4. The minimum atomic E-state index is -0.490. The number of hydrogen-bond donors (Lipinski definition) is 1. The molecule has 0 radical (unpaired) electrons. The number of piperidine rings is 1. The zero-order chi connectivity index (χ0) is 21.2. The summed E-state index contributed by atoms with van der Waals surface area (Å²) in [6.07, 6.45) is 8.47. The van der Waals surface area contributed by atoms with E-state index >= 15 is 0 Å². The van der Waals surface area contributed by atoms with Gasteiger partial charge in [-0.1, -0.05) is 0 Å². The molecule has 7 fully saturated rings. The Kier molecular flexibility index (Phi) is 4.88. The number of nitriles is 1. The van der Waals surface area contributed by atoms with Gasteiger partial charge in [0, 0.05) is 25.7 Å². The van der Waals surface area contributed by atoms with Crippen molar-refractivity contribution in [3.8, 4) is 6.07 Å². The molecule has 0 aromatic rings. The number of likely N-dealkylation sites (tertiary alicyclic amines) is 1. The molecule has 2 N–H and O–H groups in total. The first-order chi connectivity index (χ1) is 15.0. The van der Waals surface area contributed by atoms with Crippen LogP contribution in [0.25, 0.3) is 0 Å². The standard InChI is InChI=1S/C24H36N4O3/c25-14-19-8-18-9-20(18)28(19)22(29)21(26)23-10-16-7-17(11-23)13-24(12-16,15-23)31-6-3-27-1-4-30-5-2-27/h16-21H,1-13,15,26H2/t16?,17?,18-,19+,20+,21-,23?,24?/m1/s1. The van der Waals surface area contributed by atoms with Crippen LogP contribution in [0.2, 0.25) is 0 Å². The smallest absolute Gasteiger partial charge is 0.241 e. The highest BCUT2D eigenvalue weighted by molar-refractivity contribution is 5.84. The molecule has 2 aliphatic heterocycles. The third-order valence-electron chi connectivity index (χ3n) is 9.41. The lowest BCUT2D eigenvalue weighted by Crippen LogP contribution is -2.65. The lowest BCUT2D eigenvalue weighted by molar-refractivity contribution is -0.202. The molecule has 7 rings (SSSR count). The molecule has 170 valence electrons. The number of rotatable bonds is 6. The van der Waals surface area contributed by atoms with Crippen LogP contribution in [0.3, 0.4) is 0 Å². The molecule has 7 nitrogen and oxygen atoms in total. The molecule has 4 bridgehead atoms. The third kappa shape index (κ3) is 3.42. The highest BCUT2D eigenvalue weighted by Gasteiger charge is 2.63. The number of nitrogens with zero attached hydrogens (tertiary/aromatic N) is 3. The van der Waals surface area contributed by atoms with Crippen molar-refractivity contribution in [2.45, 2.75) is 75.1 Å². The van der Waals surface area contributed by atoms with E-state index in [0.717, 1.165) is 84.4 Å². The topological polar surface area (TPSA) is 91.8 Å². The molecule has 31 heavy (non-hydrogen) atoms. The quantitative estimate of drug-likeness (QED) is 0.690. The molecule has 0 aromatic heterocycles. The molecule has 7 aliphatic rings. The van der Waals surface area contributed by atoms with Gasteiger partial charge in [0.05, 0.1) is 37.5 Å². The largest absolute Gasteiger partial charge is 0.379 e. The van der Waals surface area contributed by atoms with Crippen molar-refractivity contribution in [1.82, 2.24) is 9.80 Å². The van der Waals surface area contributed by atoms with Crippen LogP contribution in [-0.4, -0.2) is 78.9 Å². The predicted octanol–water partition coefficient (Wildman–Crippen LogP) is 1.51. The number of ether oxygens (including phenoxy) is 2. The van der Waals surface area contributed by atoms with Gasteiger partial charge in [0.15, 0.2) is 0 Å². The van der Waals surface area contributed by atoms with E-state index in [9.17, 15) is 10.1 Å². The van der Waals surface area contributed by atoms with Crippen LogP contribution in [0.15, 0.2) is 0 Å². The fraction of sp³-hybridized carbons (Fsp3) is 0.917. The van der Waals surface area contributed by atoms with Crippen molar-refractivity contribution in [3.63, 3.8) is 0 Å². The fourth-order valence-electron chi connectivity index (χ4n) is 8.31. The summed E-state index contributed by atoms with van der Waals surface area (Å²) in [4.78, 5) is 17.9. The van der Waals surface area contributed by atoms with E-state index in [4.69, 9.17) is 15.2 Å². The summed E-state index contributed by atoms with van der Waals surface area (Å²) in [5, 5.41) is 9.57. The van der Waals surface area contributed by atoms with Crippen LogP contribution in [0, 0.1) is 34.5 Å². The Balaban J connectivity index is 1.16. The highest BCUT2D eigenvalue weighted by Crippen LogP contribution is 2.64. The van der Waals surface area contributed by atoms with E-state index in [1.807, 2.05) is 4.90 Å². The van der Waals surface area contributed by atoms with E-state index in [1.165, 1.54) is 6.42 Å². The summed E-state index contributed by atoms with van der Waals surface area (Å²) in [6, 6.07) is 1.88. The Hall–Kier alpha value is -1.20. The van der Waals surface area contributed by atoms with Gasteiger partial charge in [-0.05, 0) is 74.5 Å². The summed E-state index contributed by atoms with van der Waals surface area (Å²) < 4.78 is 12.1. The molecule has 2 heterocycles. The molecular formula is C24H36N4O3. The van der Waals surface area contributed by atoms with Crippen LogP contribution in [0.4, 0.5) is 0 Å². The van der Waals surface area contributed by atoms with Gasteiger partial charge in [-0.25, -0.2) is 0 Å². The zero-order valence-corrected chi connectivity index (χ0v) is 18.5. The van der Waals surface area contributed by atoms with Gasteiger partial charge in [-0.3, -0.25) is 9.69 Å². The second kappa shape index (κ2) is 7.41. The van der Waals surface area contributed by atoms with Crippen LogP contribution >= 0.6 is 0 Å². The van der Waals surface area contributed by atoms with Crippen molar-refractivity contribution in [2.75, 3.05) is 39.5 Å². The van der Waals surface area contributed by atoms with Gasteiger partial charge in [0.2, 0.25) is 5.91 Å². The first-order valence-corrected chi connectivity index (χ1v) is 12.4. The molecule has 2 saturated heterocycles. The van der Waals surface area contributed by atoms with Crippen molar-refractivity contribution in [1.29, 1.82) is 5.26 Å². The molecule has 0 aromatic carbocycles. The SMILES string of the molecule is N#C[C@@H]1C[C@@H]2C[C@@H]2N1C(=O)[C@@H](N)C12CC3CC(CC(OCCN4CCOCC4)(C3)C1)C2. The fourth-order valence-corrected chi connectivity index (χ4v) is 8.31. The Morgan fingerprint density at radius 3 is 2.61 bits per heavy atom. The number of morpholine rings is 1. The Bertz CT molecular complexity index is 761. The number of nitrogens with two attached hydrogens (primary N) is 1. The molecule has 5 saturated carbocycles. The summed E-state index contributed by atoms with van der Waals surface area (Å²) in [6.45, 7) is 5.32. The molecule has 5 aliphatic carbocycles. The lowest BCUT2D eigenvalue weighted by Gasteiger charge is -2.63. The molecule has 6 atom stereocenters. The maximum absolute atomic E-state index is 13.6. The number of carbonyl (C=O) groups excluding carboxylic acids is 1. The van der Waals surface area contributed by atoms with E-state index in [1.54, 1.807) is 0 Å². The average molecular weight is 429 g/mol. The minimum Gasteiger partial charge on any atom is -0.379 e. The van der Waals surface area contributed by atoms with Gasteiger partial charge < -0.3 is 20.1 Å². The number of carbonyl (C=O) groups is 1. The summed E-state index contributed by atoms with van der Waals surface area (Å²) in [7, 11) is 0. The Labute approximate surface area is 185 Å². The number of amides is 1. The minimum absolute atomic E-state index is 0.0435.